The standard InChI is InChI=1S/C15H22ClNO2/c1-10(2)6-11(9-17)7-14(18)13-8-12(16)4-5-15(13)19-3/h4-5,8,10-11H,6-7,9,17H2,1-3H3. The number of rotatable bonds is 7. The van der Waals surface area contributed by atoms with Crippen molar-refractivity contribution in [2.75, 3.05) is 13.7 Å². The van der Waals surface area contributed by atoms with Gasteiger partial charge in [0.15, 0.2) is 5.78 Å². The minimum atomic E-state index is 0.0375. The van der Waals surface area contributed by atoms with Crippen molar-refractivity contribution >= 4 is 17.4 Å². The fourth-order valence-corrected chi connectivity index (χ4v) is 2.37. The summed E-state index contributed by atoms with van der Waals surface area (Å²) in [7, 11) is 1.55. The monoisotopic (exact) mass is 283 g/mol. The molecule has 1 atom stereocenters. The zero-order chi connectivity index (χ0) is 14.4. The lowest BCUT2D eigenvalue weighted by Gasteiger charge is -2.17. The minimum absolute atomic E-state index is 0.0375. The van der Waals surface area contributed by atoms with E-state index < -0.39 is 0 Å². The van der Waals surface area contributed by atoms with E-state index in [0.29, 0.717) is 35.2 Å². The highest BCUT2D eigenvalue weighted by molar-refractivity contribution is 6.31. The third kappa shape index (κ3) is 4.84. The Kier molecular flexibility index (Phi) is 6.32. The van der Waals surface area contributed by atoms with Crippen LogP contribution in [-0.2, 0) is 0 Å². The van der Waals surface area contributed by atoms with Gasteiger partial charge in [-0.2, -0.15) is 0 Å². The average molecular weight is 284 g/mol. The Balaban J connectivity index is 2.84. The predicted molar refractivity (Wildman–Crippen MR) is 79.0 cm³/mol. The highest BCUT2D eigenvalue weighted by Gasteiger charge is 2.18. The van der Waals surface area contributed by atoms with E-state index in [1.54, 1.807) is 25.3 Å². The molecule has 0 aliphatic heterocycles. The van der Waals surface area contributed by atoms with Crippen LogP contribution in [0.15, 0.2) is 18.2 Å². The molecule has 0 radical (unpaired) electrons. The Morgan fingerprint density at radius 1 is 1.42 bits per heavy atom. The maximum absolute atomic E-state index is 12.3. The van der Waals surface area contributed by atoms with Crippen LogP contribution in [0.2, 0.25) is 5.02 Å². The van der Waals surface area contributed by atoms with Crippen molar-refractivity contribution in [3.8, 4) is 5.75 Å². The number of methoxy groups -OCH3 is 1. The summed E-state index contributed by atoms with van der Waals surface area (Å²) in [5.74, 6) is 1.34. The molecule has 0 aliphatic rings. The minimum Gasteiger partial charge on any atom is -0.496 e. The zero-order valence-corrected chi connectivity index (χ0v) is 12.5. The zero-order valence-electron chi connectivity index (χ0n) is 11.8. The lowest BCUT2D eigenvalue weighted by Crippen LogP contribution is -2.20. The first-order valence-electron chi connectivity index (χ1n) is 6.54. The first-order chi connectivity index (χ1) is 8.97. The van der Waals surface area contributed by atoms with Crippen molar-refractivity contribution in [1.82, 2.24) is 0 Å². The number of benzene rings is 1. The smallest absolute Gasteiger partial charge is 0.166 e. The van der Waals surface area contributed by atoms with Crippen LogP contribution in [0.5, 0.6) is 5.75 Å². The molecule has 4 heteroatoms. The first-order valence-corrected chi connectivity index (χ1v) is 6.92. The Labute approximate surface area is 120 Å². The van der Waals surface area contributed by atoms with E-state index in [4.69, 9.17) is 22.1 Å². The molecule has 1 aromatic rings. The number of hydrogen-bond acceptors (Lipinski definition) is 3. The van der Waals surface area contributed by atoms with Crippen molar-refractivity contribution in [1.29, 1.82) is 0 Å². The van der Waals surface area contributed by atoms with Crippen LogP contribution in [-0.4, -0.2) is 19.4 Å². The Bertz CT molecular complexity index is 432. The summed E-state index contributed by atoms with van der Waals surface area (Å²) in [6.45, 7) is 4.78. The van der Waals surface area contributed by atoms with Gasteiger partial charge in [-0.25, -0.2) is 0 Å². The van der Waals surface area contributed by atoms with E-state index in [1.807, 2.05) is 0 Å². The largest absolute Gasteiger partial charge is 0.496 e. The second-order valence-electron chi connectivity index (χ2n) is 5.20. The molecule has 3 nitrogen and oxygen atoms in total. The summed E-state index contributed by atoms with van der Waals surface area (Å²) in [6.07, 6.45) is 1.39. The van der Waals surface area contributed by atoms with Gasteiger partial charge in [0.1, 0.15) is 5.75 Å². The molecule has 1 unspecified atom stereocenters. The van der Waals surface area contributed by atoms with Gasteiger partial charge >= 0.3 is 0 Å². The normalized spacial score (nSPS) is 12.5. The molecular weight excluding hydrogens is 262 g/mol. The second-order valence-corrected chi connectivity index (χ2v) is 5.64. The third-order valence-electron chi connectivity index (χ3n) is 3.07. The lowest BCUT2D eigenvalue weighted by molar-refractivity contribution is 0.0954. The summed E-state index contributed by atoms with van der Waals surface area (Å²) >= 11 is 5.94. The highest BCUT2D eigenvalue weighted by Crippen LogP contribution is 2.26. The molecule has 0 heterocycles. The summed E-state index contributed by atoms with van der Waals surface area (Å²) in [5.41, 5.74) is 6.28. The molecule has 0 saturated heterocycles. The van der Waals surface area contributed by atoms with Gasteiger partial charge < -0.3 is 10.5 Å². The molecule has 1 aromatic carbocycles. The summed E-state index contributed by atoms with van der Waals surface area (Å²) in [5, 5.41) is 0.539. The maximum Gasteiger partial charge on any atom is 0.166 e. The topological polar surface area (TPSA) is 52.3 Å². The van der Waals surface area contributed by atoms with E-state index in [0.717, 1.165) is 6.42 Å². The number of halogens is 1. The molecule has 19 heavy (non-hydrogen) atoms. The van der Waals surface area contributed by atoms with Crippen LogP contribution in [0.3, 0.4) is 0 Å². The van der Waals surface area contributed by atoms with Gasteiger partial charge in [-0.1, -0.05) is 25.4 Å². The van der Waals surface area contributed by atoms with Gasteiger partial charge in [-0.05, 0) is 43.0 Å². The number of hydrogen-bond donors (Lipinski definition) is 1. The van der Waals surface area contributed by atoms with Crippen LogP contribution >= 0.6 is 11.6 Å². The Morgan fingerprint density at radius 2 is 2.11 bits per heavy atom. The van der Waals surface area contributed by atoms with Gasteiger partial charge in [-0.3, -0.25) is 4.79 Å². The number of carbonyl (C=O) groups excluding carboxylic acids is 1. The fourth-order valence-electron chi connectivity index (χ4n) is 2.20. The van der Waals surface area contributed by atoms with E-state index >= 15 is 0 Å². The molecule has 0 fully saturated rings. The van der Waals surface area contributed by atoms with E-state index in [2.05, 4.69) is 13.8 Å². The first kappa shape index (κ1) is 16.0. The highest BCUT2D eigenvalue weighted by atomic mass is 35.5. The predicted octanol–water partition coefficient (Wildman–Crippen LogP) is 3.54. The van der Waals surface area contributed by atoms with Crippen LogP contribution < -0.4 is 10.5 Å². The van der Waals surface area contributed by atoms with Crippen molar-refractivity contribution in [3.05, 3.63) is 28.8 Å². The number of nitrogens with two attached hydrogens (primary N) is 1. The van der Waals surface area contributed by atoms with Crippen molar-refractivity contribution in [2.24, 2.45) is 17.6 Å². The summed E-state index contributed by atoms with van der Waals surface area (Å²) < 4.78 is 5.21. The fraction of sp³-hybridized carbons (Fsp3) is 0.533. The van der Waals surface area contributed by atoms with Gasteiger partial charge in [0.2, 0.25) is 0 Å². The van der Waals surface area contributed by atoms with Crippen LogP contribution in [0.1, 0.15) is 37.0 Å². The summed E-state index contributed by atoms with van der Waals surface area (Å²) in [6, 6.07) is 5.09. The van der Waals surface area contributed by atoms with Gasteiger partial charge in [0.05, 0.1) is 12.7 Å². The van der Waals surface area contributed by atoms with E-state index in [9.17, 15) is 4.79 Å². The Morgan fingerprint density at radius 3 is 2.63 bits per heavy atom. The molecular formula is C15H22ClNO2. The quantitative estimate of drug-likeness (QED) is 0.779. The van der Waals surface area contributed by atoms with Crippen molar-refractivity contribution in [3.63, 3.8) is 0 Å². The number of carbonyl (C=O) groups is 1. The number of ketones is 1. The van der Waals surface area contributed by atoms with Crippen molar-refractivity contribution in [2.45, 2.75) is 26.7 Å². The number of Topliss-reactive ketones (excluding diaryl/α,β-unsaturated/α-hetero) is 1. The molecule has 0 aromatic heterocycles. The Hall–Kier alpha value is -1.06. The van der Waals surface area contributed by atoms with Gasteiger partial charge in [0.25, 0.3) is 0 Å². The lowest BCUT2D eigenvalue weighted by atomic mass is 9.90. The van der Waals surface area contributed by atoms with Crippen LogP contribution in [0.25, 0.3) is 0 Å². The SMILES string of the molecule is COc1ccc(Cl)cc1C(=O)CC(CN)CC(C)C. The second kappa shape index (κ2) is 7.51. The molecule has 0 amide bonds. The van der Waals surface area contributed by atoms with E-state index in [1.165, 1.54) is 0 Å². The maximum atomic E-state index is 12.3. The molecule has 0 saturated carbocycles. The van der Waals surface area contributed by atoms with Crippen LogP contribution in [0, 0.1) is 11.8 Å². The molecule has 0 bridgehead atoms. The van der Waals surface area contributed by atoms with Gasteiger partial charge in [-0.15, -0.1) is 0 Å². The molecule has 2 N–H and O–H groups in total. The average Bonchev–Trinajstić information content (AvgIpc) is 2.37. The van der Waals surface area contributed by atoms with E-state index in [-0.39, 0.29) is 11.7 Å². The van der Waals surface area contributed by atoms with Gasteiger partial charge in [0, 0.05) is 11.4 Å². The van der Waals surface area contributed by atoms with Crippen LogP contribution in [0.4, 0.5) is 0 Å². The summed E-state index contributed by atoms with van der Waals surface area (Å²) in [4.78, 5) is 12.3. The molecule has 106 valence electrons. The molecule has 0 spiro atoms. The molecule has 0 aliphatic carbocycles. The number of ether oxygens (including phenoxy) is 1. The third-order valence-corrected chi connectivity index (χ3v) is 3.31. The van der Waals surface area contributed by atoms with Crippen molar-refractivity contribution < 1.29 is 9.53 Å². The molecule has 1 rings (SSSR count).